The minimum Gasteiger partial charge on any atom is -0.358 e. The van der Waals surface area contributed by atoms with Crippen LogP contribution < -0.4 is 10.6 Å². The number of anilines is 1. The average Bonchev–Trinajstić information content (AvgIpc) is 2.40. The number of nitrogens with zero attached hydrogens (tertiary/aromatic N) is 2. The van der Waals surface area contributed by atoms with Crippen molar-refractivity contribution in [2.24, 2.45) is 5.92 Å². The smallest absolute Gasteiger partial charge is 0 e. The van der Waals surface area contributed by atoms with Crippen molar-refractivity contribution in [3.8, 4) is 0 Å². The number of piperidine rings is 1. The molecule has 4 nitrogen and oxygen atoms in total. The van der Waals surface area contributed by atoms with Crippen LogP contribution in [0.3, 0.4) is 0 Å². The van der Waals surface area contributed by atoms with E-state index in [1.54, 1.807) is 6.20 Å². The van der Waals surface area contributed by atoms with Crippen LogP contribution in [-0.2, 0) is 71.5 Å². The molecule has 0 aliphatic carbocycles. The van der Waals surface area contributed by atoms with Crippen molar-refractivity contribution in [1.29, 1.82) is 0 Å². The van der Waals surface area contributed by atoms with Crippen LogP contribution in [0.4, 0.5) is 5.82 Å². The van der Waals surface area contributed by atoms with E-state index in [0.29, 0.717) is 0 Å². The standard InChI is InChI=1S/C14H21N4.CH3.W.Y.Zn/c1-13-5-4-9-18(11-13)10-8-15-12-17-14-6-2-3-7-16-14;;;;/h2-3,6-7,9,13,15H,4-5,8,10-11H2,1H3,(H,16,17);1H3;;;/q2*-1;;;. The van der Waals surface area contributed by atoms with Gasteiger partial charge in [0.25, 0.3) is 0 Å². The molecule has 117 valence electrons. The topological polar surface area (TPSA) is 40.2 Å². The Morgan fingerprint density at radius 2 is 2.27 bits per heavy atom. The molecule has 2 N–H and O–H groups in total. The summed E-state index contributed by atoms with van der Waals surface area (Å²) in [6.45, 7) is 7.92. The van der Waals surface area contributed by atoms with Gasteiger partial charge in [-0.1, -0.05) is 0 Å². The average molecular weight is 599 g/mol. The third-order valence-electron chi connectivity index (χ3n) is 3.18. The molecule has 22 heavy (non-hydrogen) atoms. The quantitative estimate of drug-likeness (QED) is 0.389. The SMILES string of the molecule is CC1CC[CH-]N(CCN[C](=[W])Nc2ccccn2)C1.[CH3-].[Y].[Zn]. The summed E-state index contributed by atoms with van der Waals surface area (Å²) in [5.41, 5.74) is 0. The van der Waals surface area contributed by atoms with E-state index >= 15 is 0 Å². The van der Waals surface area contributed by atoms with Crippen LogP contribution in [-0.4, -0.2) is 33.7 Å². The van der Waals surface area contributed by atoms with Gasteiger partial charge in [-0.15, -0.1) is 0 Å². The van der Waals surface area contributed by atoms with Gasteiger partial charge in [-0.25, -0.2) is 0 Å². The Bertz CT molecular complexity index is 408. The number of likely N-dealkylation sites (tertiary alicyclic amines) is 1. The fraction of sp³-hybridized carbons (Fsp3) is 0.467. The summed E-state index contributed by atoms with van der Waals surface area (Å²) in [4.78, 5) is 6.69. The predicted octanol–water partition coefficient (Wildman–Crippen LogP) is 2.06. The zero-order valence-corrected chi connectivity index (χ0v) is 22.3. The zero-order chi connectivity index (χ0) is 13.5. The Hall–Kier alpha value is 1.16. The summed E-state index contributed by atoms with van der Waals surface area (Å²) < 4.78 is 1.13. The van der Waals surface area contributed by atoms with Crippen LogP contribution >= 0.6 is 0 Å². The monoisotopic (exact) mass is 597 g/mol. The second-order valence-corrected chi connectivity index (χ2v) is 6.42. The molecule has 1 aliphatic heterocycles. The summed E-state index contributed by atoms with van der Waals surface area (Å²) in [6.07, 6.45) is 4.36. The van der Waals surface area contributed by atoms with Gasteiger partial charge in [0.05, 0.1) is 0 Å². The number of pyridine rings is 1. The van der Waals surface area contributed by atoms with E-state index in [9.17, 15) is 0 Å². The minimum atomic E-state index is 0. The Labute approximate surface area is 184 Å². The Morgan fingerprint density at radius 1 is 1.50 bits per heavy atom. The van der Waals surface area contributed by atoms with E-state index in [-0.39, 0.29) is 59.6 Å². The van der Waals surface area contributed by atoms with E-state index in [1.165, 1.54) is 38.7 Å². The first-order valence-corrected chi connectivity index (χ1v) is 8.24. The number of hydrogen-bond donors (Lipinski definition) is 2. The maximum atomic E-state index is 4.25. The van der Waals surface area contributed by atoms with Crippen molar-refractivity contribution in [3.05, 3.63) is 38.4 Å². The van der Waals surface area contributed by atoms with Crippen molar-refractivity contribution < 1.29 is 71.5 Å². The maximum Gasteiger partial charge on any atom is 0 e. The predicted molar refractivity (Wildman–Crippen MR) is 81.6 cm³/mol. The molecule has 7 heteroatoms. The summed E-state index contributed by atoms with van der Waals surface area (Å²) in [5, 5.41) is 6.73. The molecule has 0 spiro atoms. The Kier molecular flexibility index (Phi) is 16.7. The molecule has 2 rings (SSSR count). The second kappa shape index (κ2) is 14.5. The first-order valence-electron chi connectivity index (χ1n) is 6.77. The van der Waals surface area contributed by atoms with Crippen molar-refractivity contribution in [3.63, 3.8) is 0 Å². The molecular weight excluding hydrogens is 574 g/mol. The van der Waals surface area contributed by atoms with Crippen LogP contribution in [0.5, 0.6) is 0 Å². The summed E-state index contributed by atoms with van der Waals surface area (Å²) in [5.74, 6) is 1.73. The van der Waals surface area contributed by atoms with Gasteiger partial charge < -0.3 is 7.43 Å². The summed E-state index contributed by atoms with van der Waals surface area (Å²) >= 11 is 1.40. The molecule has 1 aromatic heterocycles. The second-order valence-electron chi connectivity index (χ2n) is 4.96. The molecule has 2 heterocycles. The molecule has 0 aromatic carbocycles. The molecule has 1 fully saturated rings. The van der Waals surface area contributed by atoms with Crippen molar-refractivity contribution in [1.82, 2.24) is 15.2 Å². The summed E-state index contributed by atoms with van der Waals surface area (Å²) in [7, 11) is 0. The van der Waals surface area contributed by atoms with Crippen LogP contribution in [0.2, 0.25) is 0 Å². The molecule has 1 saturated heterocycles. The summed E-state index contributed by atoms with van der Waals surface area (Å²) in [6, 6.07) is 5.89. The van der Waals surface area contributed by atoms with E-state index < -0.39 is 0 Å². The molecule has 0 bridgehead atoms. The Balaban J connectivity index is 0. The van der Waals surface area contributed by atoms with Gasteiger partial charge in [-0.05, 0) is 0 Å². The first kappa shape index (κ1) is 25.4. The maximum absolute atomic E-state index is 4.25. The zero-order valence-electron chi connectivity index (χ0n) is 13.6. The molecule has 0 saturated carbocycles. The number of rotatable bonds is 6. The molecule has 1 radical (unpaired) electrons. The third-order valence-corrected chi connectivity index (χ3v) is 4.07. The van der Waals surface area contributed by atoms with Crippen LogP contribution in [0.25, 0.3) is 0 Å². The van der Waals surface area contributed by atoms with Gasteiger partial charge >= 0.3 is 126 Å². The normalized spacial score (nSPS) is 17.4. The van der Waals surface area contributed by atoms with Crippen molar-refractivity contribution >= 4 is 9.96 Å². The molecule has 1 aromatic rings. The minimum absolute atomic E-state index is 0. The van der Waals surface area contributed by atoms with Crippen LogP contribution in [0.15, 0.2) is 24.4 Å². The van der Waals surface area contributed by atoms with Gasteiger partial charge in [0, 0.05) is 52.2 Å². The van der Waals surface area contributed by atoms with Gasteiger partial charge in [-0.3, -0.25) is 0 Å². The van der Waals surface area contributed by atoms with E-state index in [0.717, 1.165) is 29.0 Å². The van der Waals surface area contributed by atoms with Gasteiger partial charge in [0.1, 0.15) is 0 Å². The Morgan fingerprint density at radius 3 is 2.91 bits per heavy atom. The first-order chi connectivity index (χ1) is 9.24. The van der Waals surface area contributed by atoms with E-state index in [2.05, 4.69) is 34.0 Å². The van der Waals surface area contributed by atoms with Crippen molar-refractivity contribution in [2.75, 3.05) is 25.0 Å². The number of nitrogens with one attached hydrogen (secondary N) is 2. The van der Waals surface area contributed by atoms with E-state index in [4.69, 9.17) is 0 Å². The van der Waals surface area contributed by atoms with Crippen molar-refractivity contribution in [2.45, 2.75) is 19.8 Å². The largest absolute Gasteiger partial charge is 0.358 e. The molecule has 1 unspecified atom stereocenters. The van der Waals surface area contributed by atoms with Gasteiger partial charge in [0.15, 0.2) is 0 Å². The third kappa shape index (κ3) is 10.1. The molecule has 1 atom stereocenters. The number of hydrogen-bond acceptors (Lipinski definition) is 4. The van der Waals surface area contributed by atoms with Gasteiger partial charge in [-0.2, -0.15) is 0 Å². The van der Waals surface area contributed by atoms with Crippen LogP contribution in [0, 0.1) is 19.9 Å². The molecular formula is C15H24N4WYZn-2. The van der Waals surface area contributed by atoms with Crippen LogP contribution in [0.1, 0.15) is 19.8 Å². The fourth-order valence-electron chi connectivity index (χ4n) is 2.20. The van der Waals surface area contributed by atoms with Gasteiger partial charge in [0.2, 0.25) is 0 Å². The van der Waals surface area contributed by atoms with E-state index in [1.807, 2.05) is 18.2 Å². The fourth-order valence-corrected chi connectivity index (χ4v) is 2.94. The number of aromatic nitrogens is 1. The molecule has 0 amide bonds. The molecule has 1 aliphatic rings.